The first-order valence-electron chi connectivity index (χ1n) is 7.23. The average Bonchev–Trinajstić information content (AvgIpc) is 2.42. The molecule has 20 heavy (non-hydrogen) atoms. The second-order valence-corrected chi connectivity index (χ2v) is 5.96. The van der Waals surface area contributed by atoms with Crippen molar-refractivity contribution >= 4 is 5.84 Å². The molecule has 0 aromatic heterocycles. The van der Waals surface area contributed by atoms with Gasteiger partial charge in [-0.3, -0.25) is 0 Å². The van der Waals surface area contributed by atoms with E-state index in [4.69, 9.17) is 10.9 Å². The summed E-state index contributed by atoms with van der Waals surface area (Å²) in [5, 5.41) is 15.1. The Balaban J connectivity index is 2.50. The quantitative estimate of drug-likeness (QED) is 0.311. The number of hydrogen-bond donors (Lipinski definition) is 3. The van der Waals surface area contributed by atoms with Crippen molar-refractivity contribution in [3.63, 3.8) is 0 Å². The Hall–Kier alpha value is -1.55. The number of nitrogens with two attached hydrogens (primary N) is 1. The molecule has 0 bridgehead atoms. The van der Waals surface area contributed by atoms with Crippen LogP contribution >= 0.6 is 0 Å². The molecule has 0 spiro atoms. The van der Waals surface area contributed by atoms with E-state index in [1.165, 1.54) is 5.56 Å². The summed E-state index contributed by atoms with van der Waals surface area (Å²) in [5.41, 5.74) is 7.47. The standard InChI is InChI=1S/C16H27N3O/c1-11(2)15(12(3)4)10-18-9-13-5-7-14(8-6-13)16(17)19-20/h5-8,11-12,15,18,20H,9-10H2,1-4H3,(H2,17,19). The molecule has 1 aromatic carbocycles. The van der Waals surface area contributed by atoms with Gasteiger partial charge in [-0.25, -0.2) is 0 Å². The maximum atomic E-state index is 8.61. The Morgan fingerprint density at radius 3 is 2.15 bits per heavy atom. The van der Waals surface area contributed by atoms with Gasteiger partial charge < -0.3 is 16.3 Å². The monoisotopic (exact) mass is 277 g/mol. The zero-order chi connectivity index (χ0) is 15.1. The van der Waals surface area contributed by atoms with Crippen LogP contribution in [0.5, 0.6) is 0 Å². The van der Waals surface area contributed by atoms with Crippen molar-refractivity contribution < 1.29 is 5.21 Å². The third-order valence-electron chi connectivity index (χ3n) is 3.78. The van der Waals surface area contributed by atoms with Crippen molar-refractivity contribution in [1.29, 1.82) is 0 Å². The van der Waals surface area contributed by atoms with Crippen LogP contribution in [-0.2, 0) is 6.54 Å². The highest BCUT2D eigenvalue weighted by molar-refractivity contribution is 5.96. The van der Waals surface area contributed by atoms with Gasteiger partial charge in [0.2, 0.25) is 0 Å². The summed E-state index contributed by atoms with van der Waals surface area (Å²) >= 11 is 0. The Labute approximate surface area is 122 Å². The fraction of sp³-hybridized carbons (Fsp3) is 0.562. The van der Waals surface area contributed by atoms with Gasteiger partial charge >= 0.3 is 0 Å². The smallest absolute Gasteiger partial charge is 0.170 e. The molecule has 0 saturated heterocycles. The van der Waals surface area contributed by atoms with Crippen LogP contribution in [0.4, 0.5) is 0 Å². The molecule has 0 unspecified atom stereocenters. The Bertz CT molecular complexity index is 416. The molecule has 4 nitrogen and oxygen atoms in total. The van der Waals surface area contributed by atoms with Crippen molar-refractivity contribution in [2.75, 3.05) is 6.54 Å². The molecule has 0 amide bonds. The molecule has 0 radical (unpaired) electrons. The van der Waals surface area contributed by atoms with Crippen LogP contribution in [0.15, 0.2) is 29.4 Å². The van der Waals surface area contributed by atoms with E-state index in [9.17, 15) is 0 Å². The Morgan fingerprint density at radius 1 is 1.15 bits per heavy atom. The third kappa shape index (κ3) is 4.85. The first kappa shape index (κ1) is 16.5. The van der Waals surface area contributed by atoms with E-state index in [0.717, 1.165) is 18.7 Å². The van der Waals surface area contributed by atoms with E-state index in [-0.39, 0.29) is 5.84 Å². The second kappa shape index (κ2) is 7.90. The molecular formula is C16H27N3O. The second-order valence-electron chi connectivity index (χ2n) is 5.96. The van der Waals surface area contributed by atoms with E-state index >= 15 is 0 Å². The van der Waals surface area contributed by atoms with E-state index in [1.807, 2.05) is 24.3 Å². The molecule has 112 valence electrons. The van der Waals surface area contributed by atoms with Gasteiger partial charge in [-0.2, -0.15) is 0 Å². The summed E-state index contributed by atoms with van der Waals surface area (Å²) < 4.78 is 0. The minimum Gasteiger partial charge on any atom is -0.409 e. The van der Waals surface area contributed by atoms with Gasteiger partial charge in [0.05, 0.1) is 0 Å². The number of amidine groups is 1. The van der Waals surface area contributed by atoms with Crippen LogP contribution in [0.25, 0.3) is 0 Å². The molecule has 4 heteroatoms. The number of oxime groups is 1. The highest BCUT2D eigenvalue weighted by Crippen LogP contribution is 2.19. The number of nitrogens with zero attached hydrogens (tertiary/aromatic N) is 1. The van der Waals surface area contributed by atoms with Crippen molar-refractivity contribution in [1.82, 2.24) is 5.32 Å². The van der Waals surface area contributed by atoms with E-state index < -0.39 is 0 Å². The lowest BCUT2D eigenvalue weighted by molar-refractivity contribution is 0.275. The normalized spacial score (nSPS) is 12.7. The predicted molar refractivity (Wildman–Crippen MR) is 83.8 cm³/mol. The van der Waals surface area contributed by atoms with Crippen LogP contribution in [0.1, 0.15) is 38.8 Å². The van der Waals surface area contributed by atoms with Crippen LogP contribution in [0.3, 0.4) is 0 Å². The highest BCUT2D eigenvalue weighted by atomic mass is 16.4. The average molecular weight is 277 g/mol. The summed E-state index contributed by atoms with van der Waals surface area (Å²) in [6.07, 6.45) is 0. The topological polar surface area (TPSA) is 70.6 Å². The van der Waals surface area contributed by atoms with Gasteiger partial charge in [-0.15, -0.1) is 0 Å². The van der Waals surface area contributed by atoms with Gasteiger partial charge in [-0.05, 0) is 29.9 Å². The number of rotatable bonds is 7. The SMILES string of the molecule is CC(C)C(CNCc1ccc(/C(N)=N/O)cc1)C(C)C. The number of nitrogens with one attached hydrogen (secondary N) is 1. The van der Waals surface area contributed by atoms with Gasteiger partial charge in [0.1, 0.15) is 0 Å². The summed E-state index contributed by atoms with van der Waals surface area (Å²) in [5.74, 6) is 2.20. The third-order valence-corrected chi connectivity index (χ3v) is 3.78. The minimum atomic E-state index is 0.143. The maximum Gasteiger partial charge on any atom is 0.170 e. The van der Waals surface area contributed by atoms with Gasteiger partial charge in [0.25, 0.3) is 0 Å². The molecule has 0 saturated carbocycles. The zero-order valence-corrected chi connectivity index (χ0v) is 12.9. The summed E-state index contributed by atoms with van der Waals surface area (Å²) in [7, 11) is 0. The van der Waals surface area contributed by atoms with Gasteiger partial charge in [-0.1, -0.05) is 57.1 Å². The van der Waals surface area contributed by atoms with E-state index in [1.54, 1.807) is 0 Å². The zero-order valence-electron chi connectivity index (χ0n) is 12.9. The molecule has 1 aromatic rings. The molecular weight excluding hydrogens is 250 g/mol. The van der Waals surface area contributed by atoms with Crippen molar-refractivity contribution in [3.8, 4) is 0 Å². The first-order valence-corrected chi connectivity index (χ1v) is 7.23. The summed E-state index contributed by atoms with van der Waals surface area (Å²) in [6, 6.07) is 7.74. The largest absolute Gasteiger partial charge is 0.409 e. The van der Waals surface area contributed by atoms with Gasteiger partial charge in [0.15, 0.2) is 5.84 Å². The molecule has 0 fully saturated rings. The summed E-state index contributed by atoms with van der Waals surface area (Å²) in [6.45, 7) is 11.0. The Kier molecular flexibility index (Phi) is 6.52. The van der Waals surface area contributed by atoms with Crippen molar-refractivity contribution in [2.24, 2.45) is 28.6 Å². The predicted octanol–water partition coefficient (Wildman–Crippen LogP) is 2.80. The Morgan fingerprint density at radius 2 is 1.70 bits per heavy atom. The van der Waals surface area contributed by atoms with Crippen LogP contribution < -0.4 is 11.1 Å². The first-order chi connectivity index (χ1) is 9.45. The van der Waals surface area contributed by atoms with Crippen molar-refractivity contribution in [3.05, 3.63) is 35.4 Å². The number of hydrogen-bond acceptors (Lipinski definition) is 3. The molecule has 1 rings (SSSR count). The van der Waals surface area contributed by atoms with E-state index in [0.29, 0.717) is 17.8 Å². The minimum absolute atomic E-state index is 0.143. The molecule has 0 aliphatic heterocycles. The fourth-order valence-corrected chi connectivity index (χ4v) is 2.48. The molecule has 0 aliphatic rings. The summed E-state index contributed by atoms with van der Waals surface area (Å²) in [4.78, 5) is 0. The van der Waals surface area contributed by atoms with E-state index in [2.05, 4.69) is 38.2 Å². The van der Waals surface area contributed by atoms with Crippen molar-refractivity contribution in [2.45, 2.75) is 34.2 Å². The lowest BCUT2D eigenvalue weighted by Gasteiger charge is -2.25. The molecule has 4 N–H and O–H groups in total. The molecule has 0 aliphatic carbocycles. The fourth-order valence-electron chi connectivity index (χ4n) is 2.48. The lowest BCUT2D eigenvalue weighted by Crippen LogP contribution is -2.29. The molecule has 0 heterocycles. The van der Waals surface area contributed by atoms with Crippen LogP contribution in [-0.4, -0.2) is 17.6 Å². The van der Waals surface area contributed by atoms with Crippen LogP contribution in [0.2, 0.25) is 0 Å². The van der Waals surface area contributed by atoms with Crippen LogP contribution in [0, 0.1) is 17.8 Å². The number of benzene rings is 1. The van der Waals surface area contributed by atoms with Gasteiger partial charge in [0, 0.05) is 12.1 Å². The maximum absolute atomic E-state index is 8.61. The highest BCUT2D eigenvalue weighted by Gasteiger charge is 2.16. The lowest BCUT2D eigenvalue weighted by atomic mass is 9.85. The molecule has 0 atom stereocenters.